The number of halogens is 4. The normalized spacial score (nSPS) is 12.8. The molecule has 0 bridgehead atoms. The topological polar surface area (TPSA) is 38.3 Å². The van der Waals surface area contributed by atoms with Crippen molar-refractivity contribution >= 4 is 17.5 Å². The van der Waals surface area contributed by atoms with Crippen molar-refractivity contribution in [1.82, 2.24) is 5.32 Å². The van der Waals surface area contributed by atoms with Gasteiger partial charge in [0.05, 0.1) is 0 Å². The predicted octanol–water partition coefficient (Wildman–Crippen LogP) is 3.72. The van der Waals surface area contributed by atoms with Gasteiger partial charge in [0, 0.05) is 17.5 Å². The highest BCUT2D eigenvalue weighted by Crippen LogP contribution is 2.22. The van der Waals surface area contributed by atoms with Crippen molar-refractivity contribution in [2.45, 2.75) is 32.2 Å². The first kappa shape index (κ1) is 16.6. The number of amides is 1. The Morgan fingerprint density at radius 2 is 1.95 bits per heavy atom. The highest BCUT2D eigenvalue weighted by Gasteiger charge is 2.31. The maximum Gasteiger partial charge on any atom is 0.573 e. The second kappa shape index (κ2) is 7.38. The van der Waals surface area contributed by atoms with Gasteiger partial charge in [-0.25, -0.2) is 0 Å². The van der Waals surface area contributed by atoms with E-state index in [4.69, 9.17) is 11.6 Å². The molecule has 1 N–H and O–H groups in total. The molecule has 0 aliphatic heterocycles. The van der Waals surface area contributed by atoms with Crippen molar-refractivity contribution in [3.05, 3.63) is 29.8 Å². The lowest BCUT2D eigenvalue weighted by Crippen LogP contribution is -2.34. The molecule has 3 nitrogen and oxygen atoms in total. The number of rotatable bonds is 6. The number of alkyl halides is 4. The number of hydrogen-bond donors (Lipinski definition) is 1. The van der Waals surface area contributed by atoms with Crippen LogP contribution in [-0.2, 0) is 0 Å². The van der Waals surface area contributed by atoms with E-state index in [1.54, 1.807) is 0 Å². The van der Waals surface area contributed by atoms with Gasteiger partial charge in [-0.05, 0) is 37.1 Å². The van der Waals surface area contributed by atoms with Gasteiger partial charge < -0.3 is 10.1 Å². The fourth-order valence-electron chi connectivity index (χ4n) is 1.59. The lowest BCUT2D eigenvalue weighted by atomic mass is 10.1. The molecule has 0 fully saturated rings. The number of ether oxygens (including phenoxy) is 1. The minimum absolute atomic E-state index is 0.0499. The molecule has 0 spiro atoms. The molecular formula is C13H15ClF3NO2. The number of carbonyl (C=O) groups is 1. The minimum Gasteiger partial charge on any atom is -0.406 e. The van der Waals surface area contributed by atoms with Crippen molar-refractivity contribution in [2.75, 3.05) is 5.88 Å². The van der Waals surface area contributed by atoms with Gasteiger partial charge in [0.1, 0.15) is 5.75 Å². The molecule has 1 aromatic rings. The van der Waals surface area contributed by atoms with Gasteiger partial charge >= 0.3 is 6.36 Å². The number of nitrogens with one attached hydrogen (secondary N) is 1. The molecule has 0 saturated heterocycles. The molecule has 1 aromatic carbocycles. The van der Waals surface area contributed by atoms with E-state index >= 15 is 0 Å². The van der Waals surface area contributed by atoms with Gasteiger partial charge in [0.15, 0.2) is 0 Å². The summed E-state index contributed by atoms with van der Waals surface area (Å²) in [5.74, 6) is -0.278. The number of benzene rings is 1. The van der Waals surface area contributed by atoms with Gasteiger partial charge in [-0.2, -0.15) is 0 Å². The van der Waals surface area contributed by atoms with Gasteiger partial charge in [0.2, 0.25) is 0 Å². The van der Waals surface area contributed by atoms with Crippen LogP contribution >= 0.6 is 11.6 Å². The summed E-state index contributed by atoms with van der Waals surface area (Å²) in [6, 6.07) is 4.72. The SMILES string of the molecule is CCC(CCCl)NC(=O)c1ccc(OC(F)(F)F)cc1. The van der Waals surface area contributed by atoms with Crippen LogP contribution < -0.4 is 10.1 Å². The van der Waals surface area contributed by atoms with Crippen molar-refractivity contribution in [3.8, 4) is 5.75 Å². The van der Waals surface area contributed by atoms with Gasteiger partial charge in [-0.15, -0.1) is 24.8 Å². The molecule has 20 heavy (non-hydrogen) atoms. The zero-order chi connectivity index (χ0) is 15.2. The van der Waals surface area contributed by atoms with Crippen LogP contribution in [0.4, 0.5) is 13.2 Å². The van der Waals surface area contributed by atoms with E-state index in [0.29, 0.717) is 12.3 Å². The largest absolute Gasteiger partial charge is 0.573 e. The van der Waals surface area contributed by atoms with Crippen LogP contribution in [0.3, 0.4) is 0 Å². The maximum atomic E-state index is 12.0. The van der Waals surface area contributed by atoms with Crippen LogP contribution in [0.5, 0.6) is 5.75 Å². The number of carbonyl (C=O) groups excluding carboxylic acids is 1. The zero-order valence-corrected chi connectivity index (χ0v) is 11.6. The number of hydrogen-bond acceptors (Lipinski definition) is 2. The fraction of sp³-hybridized carbons (Fsp3) is 0.462. The quantitative estimate of drug-likeness (QED) is 0.813. The summed E-state index contributed by atoms with van der Waals surface area (Å²) in [6.07, 6.45) is -3.37. The maximum absolute atomic E-state index is 12.0. The van der Waals surface area contributed by atoms with E-state index in [2.05, 4.69) is 10.1 Å². The Hall–Kier alpha value is -1.43. The summed E-state index contributed by atoms with van der Waals surface area (Å²) in [5.41, 5.74) is 0.271. The summed E-state index contributed by atoms with van der Waals surface area (Å²) in [6.45, 7) is 1.91. The molecule has 0 aliphatic rings. The Balaban J connectivity index is 2.66. The average molecular weight is 310 g/mol. The lowest BCUT2D eigenvalue weighted by molar-refractivity contribution is -0.274. The first-order valence-corrected chi connectivity index (χ1v) is 6.61. The fourth-order valence-corrected chi connectivity index (χ4v) is 1.85. The second-order valence-corrected chi connectivity index (χ2v) is 4.51. The molecule has 0 radical (unpaired) electrons. The van der Waals surface area contributed by atoms with Gasteiger partial charge in [-0.1, -0.05) is 6.92 Å². The summed E-state index contributed by atoms with van der Waals surface area (Å²) in [4.78, 5) is 11.9. The molecule has 1 atom stereocenters. The molecule has 1 rings (SSSR count). The molecule has 0 heterocycles. The van der Waals surface area contributed by atoms with Crippen LogP contribution in [0.2, 0.25) is 0 Å². The van der Waals surface area contributed by atoms with E-state index in [0.717, 1.165) is 18.6 Å². The first-order valence-electron chi connectivity index (χ1n) is 6.08. The predicted molar refractivity (Wildman–Crippen MR) is 70.0 cm³/mol. The molecule has 1 amide bonds. The molecule has 0 saturated carbocycles. The van der Waals surface area contributed by atoms with E-state index < -0.39 is 6.36 Å². The molecule has 7 heteroatoms. The Morgan fingerprint density at radius 3 is 2.40 bits per heavy atom. The Kier molecular flexibility index (Phi) is 6.13. The Bertz CT molecular complexity index is 434. The monoisotopic (exact) mass is 309 g/mol. The smallest absolute Gasteiger partial charge is 0.406 e. The second-order valence-electron chi connectivity index (χ2n) is 4.13. The van der Waals surface area contributed by atoms with Gasteiger partial charge in [0.25, 0.3) is 5.91 Å². The van der Waals surface area contributed by atoms with E-state index in [-0.39, 0.29) is 23.3 Å². The Morgan fingerprint density at radius 1 is 1.35 bits per heavy atom. The first-order chi connectivity index (χ1) is 9.35. The zero-order valence-electron chi connectivity index (χ0n) is 10.8. The summed E-state index contributed by atoms with van der Waals surface area (Å²) in [5, 5.41) is 2.77. The van der Waals surface area contributed by atoms with Crippen LogP contribution in [0.15, 0.2) is 24.3 Å². The highest BCUT2D eigenvalue weighted by molar-refractivity contribution is 6.17. The molecule has 0 aliphatic carbocycles. The van der Waals surface area contributed by atoms with E-state index in [9.17, 15) is 18.0 Å². The summed E-state index contributed by atoms with van der Waals surface area (Å²) >= 11 is 5.61. The molecule has 112 valence electrons. The minimum atomic E-state index is -4.74. The third-order valence-corrected chi connectivity index (χ3v) is 2.85. The van der Waals surface area contributed by atoms with Crippen LogP contribution in [0.25, 0.3) is 0 Å². The van der Waals surface area contributed by atoms with Crippen LogP contribution in [0.1, 0.15) is 30.1 Å². The average Bonchev–Trinajstić information content (AvgIpc) is 2.37. The molecular weight excluding hydrogens is 295 g/mol. The summed E-state index contributed by atoms with van der Waals surface area (Å²) in [7, 11) is 0. The Labute approximate surface area is 120 Å². The van der Waals surface area contributed by atoms with E-state index in [1.807, 2.05) is 6.92 Å². The lowest BCUT2D eigenvalue weighted by Gasteiger charge is -2.15. The van der Waals surface area contributed by atoms with Crippen LogP contribution in [-0.4, -0.2) is 24.2 Å². The molecule has 0 aromatic heterocycles. The molecule has 1 unspecified atom stereocenters. The van der Waals surface area contributed by atoms with Crippen LogP contribution in [0, 0.1) is 0 Å². The third-order valence-electron chi connectivity index (χ3n) is 2.64. The third kappa shape index (κ3) is 5.69. The standard InChI is InChI=1S/C13H15ClF3NO2/c1-2-10(7-8-14)18-12(19)9-3-5-11(6-4-9)20-13(15,16)17/h3-6,10H,2,7-8H2,1H3,(H,18,19). The van der Waals surface area contributed by atoms with Gasteiger partial charge in [-0.3, -0.25) is 4.79 Å². The highest BCUT2D eigenvalue weighted by atomic mass is 35.5. The van der Waals surface area contributed by atoms with E-state index in [1.165, 1.54) is 12.1 Å². The van der Waals surface area contributed by atoms with Crippen molar-refractivity contribution in [1.29, 1.82) is 0 Å². The summed E-state index contributed by atoms with van der Waals surface area (Å²) < 4.78 is 39.7. The van der Waals surface area contributed by atoms with Crippen molar-refractivity contribution in [3.63, 3.8) is 0 Å². The van der Waals surface area contributed by atoms with Crippen molar-refractivity contribution in [2.24, 2.45) is 0 Å². The van der Waals surface area contributed by atoms with Crippen molar-refractivity contribution < 1.29 is 22.7 Å².